The van der Waals surface area contributed by atoms with E-state index in [1.807, 2.05) is 0 Å². The summed E-state index contributed by atoms with van der Waals surface area (Å²) in [7, 11) is 0. The zero-order valence-corrected chi connectivity index (χ0v) is 17.3. The fourth-order valence-corrected chi connectivity index (χ4v) is 3.67. The second kappa shape index (κ2) is 8.70. The summed E-state index contributed by atoms with van der Waals surface area (Å²) in [6.07, 6.45) is 0. The van der Waals surface area contributed by atoms with Crippen LogP contribution in [0.3, 0.4) is 0 Å². The van der Waals surface area contributed by atoms with Gasteiger partial charge in [-0.25, -0.2) is 19.2 Å². The van der Waals surface area contributed by atoms with Gasteiger partial charge >= 0.3 is 23.9 Å². The first-order valence-corrected chi connectivity index (χ1v) is 9.49. The number of hydrogen-bond acceptors (Lipinski definition) is 4. The molecule has 0 fully saturated rings. The molecule has 0 saturated carbocycles. The average molecular weight is 475 g/mol. The number of hydrogen-bond donors (Lipinski definition) is 4. The van der Waals surface area contributed by atoms with Crippen LogP contribution >= 0.6 is 23.2 Å². The second-order valence-electron chi connectivity index (χ2n) is 6.48. The predicted octanol–water partition coefficient (Wildman–Crippen LogP) is 5.12. The second-order valence-corrected chi connectivity index (χ2v) is 7.36. The average Bonchev–Trinajstić information content (AvgIpc) is 2.72. The quantitative estimate of drug-likeness (QED) is 0.384. The van der Waals surface area contributed by atoms with Gasteiger partial charge in [0.25, 0.3) is 0 Å². The molecule has 3 aromatic carbocycles. The van der Waals surface area contributed by atoms with Crippen LogP contribution in [-0.4, -0.2) is 44.3 Å². The summed E-state index contributed by atoms with van der Waals surface area (Å²) in [6.45, 7) is 0. The van der Waals surface area contributed by atoms with Crippen LogP contribution in [0.25, 0.3) is 22.3 Å². The molecule has 10 heteroatoms. The normalized spacial score (nSPS) is 10.6. The molecule has 8 nitrogen and oxygen atoms in total. The standard InChI is InChI=1S/C22H12Cl2O8/c23-11-5-1-9(2-6-11)13-15(19(25)26)17(21(29)30)14(10-3-7-12(24)8-4-10)18(22(31)32)16(13)20(27)28/h1-8H,(H,25,26)(H,27,28)(H,29,30)(H,31,32). The first-order valence-electron chi connectivity index (χ1n) is 8.73. The molecule has 0 aliphatic rings. The molecule has 4 N–H and O–H groups in total. The maximum atomic E-state index is 12.2. The van der Waals surface area contributed by atoms with E-state index in [9.17, 15) is 39.6 Å². The zero-order chi connectivity index (χ0) is 23.7. The summed E-state index contributed by atoms with van der Waals surface area (Å²) >= 11 is 11.7. The van der Waals surface area contributed by atoms with Crippen molar-refractivity contribution in [3.8, 4) is 22.3 Å². The van der Waals surface area contributed by atoms with Crippen LogP contribution in [0.15, 0.2) is 48.5 Å². The Bertz CT molecular complexity index is 1130. The highest BCUT2D eigenvalue weighted by molar-refractivity contribution is 6.31. The lowest BCUT2D eigenvalue weighted by molar-refractivity contribution is 0.0639. The van der Waals surface area contributed by atoms with Gasteiger partial charge in [0.1, 0.15) is 0 Å². The number of aromatic carboxylic acids is 4. The van der Waals surface area contributed by atoms with Gasteiger partial charge in [0, 0.05) is 21.2 Å². The van der Waals surface area contributed by atoms with Gasteiger partial charge in [0.15, 0.2) is 0 Å². The van der Waals surface area contributed by atoms with E-state index in [0.717, 1.165) is 0 Å². The summed E-state index contributed by atoms with van der Waals surface area (Å²) in [5.74, 6) is -6.99. The van der Waals surface area contributed by atoms with Crippen LogP contribution in [0.4, 0.5) is 0 Å². The minimum absolute atomic E-state index is 0.0307. The van der Waals surface area contributed by atoms with E-state index < -0.39 is 57.3 Å². The summed E-state index contributed by atoms with van der Waals surface area (Å²) < 4.78 is 0. The minimum Gasteiger partial charge on any atom is -0.478 e. The topological polar surface area (TPSA) is 149 Å². The smallest absolute Gasteiger partial charge is 0.337 e. The van der Waals surface area contributed by atoms with E-state index in [1.54, 1.807) is 0 Å². The molecule has 0 heterocycles. The lowest BCUT2D eigenvalue weighted by Gasteiger charge is -2.20. The first kappa shape index (κ1) is 22.8. The third-order valence-electron chi connectivity index (χ3n) is 4.62. The molecule has 0 atom stereocenters. The Kier molecular flexibility index (Phi) is 6.20. The molecule has 0 aliphatic carbocycles. The summed E-state index contributed by atoms with van der Waals surface area (Å²) in [5, 5.41) is 40.1. The molecule has 3 rings (SSSR count). The van der Waals surface area contributed by atoms with E-state index in [-0.39, 0.29) is 21.2 Å². The van der Waals surface area contributed by atoms with Gasteiger partial charge in [-0.3, -0.25) is 0 Å². The van der Waals surface area contributed by atoms with Crippen molar-refractivity contribution in [2.24, 2.45) is 0 Å². The van der Waals surface area contributed by atoms with Gasteiger partial charge in [0.2, 0.25) is 0 Å². The van der Waals surface area contributed by atoms with Crippen LogP contribution < -0.4 is 0 Å². The van der Waals surface area contributed by atoms with Crippen LogP contribution in [0.5, 0.6) is 0 Å². The summed E-state index contributed by atoms with van der Waals surface area (Å²) in [5.41, 5.74) is -4.66. The molecule has 0 aliphatic heterocycles. The number of rotatable bonds is 6. The molecule has 0 radical (unpaired) electrons. The van der Waals surface area contributed by atoms with Gasteiger partial charge in [-0.2, -0.15) is 0 Å². The van der Waals surface area contributed by atoms with Gasteiger partial charge in [-0.1, -0.05) is 47.5 Å². The Morgan fingerprint density at radius 1 is 0.469 bits per heavy atom. The Balaban J connectivity index is 2.68. The van der Waals surface area contributed by atoms with E-state index >= 15 is 0 Å². The Hall–Kier alpha value is -3.88. The summed E-state index contributed by atoms with van der Waals surface area (Å²) in [6, 6.07) is 10.4. The highest BCUT2D eigenvalue weighted by Gasteiger charge is 2.36. The zero-order valence-electron chi connectivity index (χ0n) is 15.8. The van der Waals surface area contributed by atoms with Crippen molar-refractivity contribution >= 4 is 47.1 Å². The number of carboxylic acid groups (broad SMARTS) is 4. The molecule has 3 aromatic rings. The third kappa shape index (κ3) is 4.01. The van der Waals surface area contributed by atoms with Gasteiger partial charge in [-0.05, 0) is 35.4 Å². The Morgan fingerprint density at radius 3 is 0.875 bits per heavy atom. The number of carbonyl (C=O) groups is 4. The number of carboxylic acids is 4. The molecule has 0 spiro atoms. The number of benzene rings is 3. The van der Waals surface area contributed by atoms with Gasteiger partial charge < -0.3 is 20.4 Å². The predicted molar refractivity (Wildman–Crippen MR) is 115 cm³/mol. The molecule has 0 amide bonds. The SMILES string of the molecule is O=C(O)c1c(C(=O)O)c(-c2ccc(Cl)cc2)c(C(=O)O)c(C(=O)O)c1-c1ccc(Cl)cc1. The van der Waals surface area contributed by atoms with Crippen molar-refractivity contribution in [1.29, 1.82) is 0 Å². The van der Waals surface area contributed by atoms with Crippen molar-refractivity contribution in [1.82, 2.24) is 0 Å². The third-order valence-corrected chi connectivity index (χ3v) is 5.13. The van der Waals surface area contributed by atoms with Crippen molar-refractivity contribution in [3.05, 3.63) is 80.8 Å². The maximum Gasteiger partial charge on any atom is 0.337 e. The molecule has 162 valence electrons. The Labute approximate surface area is 189 Å². The van der Waals surface area contributed by atoms with E-state index in [0.29, 0.717) is 0 Å². The van der Waals surface area contributed by atoms with Crippen LogP contribution in [-0.2, 0) is 0 Å². The van der Waals surface area contributed by atoms with Crippen LogP contribution in [0.2, 0.25) is 10.0 Å². The number of halogens is 2. The highest BCUT2D eigenvalue weighted by atomic mass is 35.5. The van der Waals surface area contributed by atoms with E-state index in [2.05, 4.69) is 0 Å². The lowest BCUT2D eigenvalue weighted by Crippen LogP contribution is -2.21. The molecular weight excluding hydrogens is 463 g/mol. The molecule has 0 bridgehead atoms. The Morgan fingerprint density at radius 2 is 0.688 bits per heavy atom. The van der Waals surface area contributed by atoms with Crippen molar-refractivity contribution in [2.45, 2.75) is 0 Å². The van der Waals surface area contributed by atoms with E-state index in [4.69, 9.17) is 23.2 Å². The van der Waals surface area contributed by atoms with Gasteiger partial charge in [-0.15, -0.1) is 0 Å². The monoisotopic (exact) mass is 474 g/mol. The minimum atomic E-state index is -1.75. The van der Waals surface area contributed by atoms with Crippen LogP contribution in [0.1, 0.15) is 41.4 Å². The van der Waals surface area contributed by atoms with Crippen molar-refractivity contribution in [3.63, 3.8) is 0 Å². The van der Waals surface area contributed by atoms with Gasteiger partial charge in [0.05, 0.1) is 22.3 Å². The first-order chi connectivity index (χ1) is 15.0. The molecule has 0 saturated heterocycles. The fraction of sp³-hybridized carbons (Fsp3) is 0. The largest absolute Gasteiger partial charge is 0.478 e. The molecular formula is C22H12Cl2O8. The maximum absolute atomic E-state index is 12.2. The van der Waals surface area contributed by atoms with Crippen LogP contribution in [0, 0.1) is 0 Å². The molecule has 32 heavy (non-hydrogen) atoms. The van der Waals surface area contributed by atoms with Crippen molar-refractivity contribution < 1.29 is 39.6 Å². The van der Waals surface area contributed by atoms with E-state index in [1.165, 1.54) is 48.5 Å². The highest BCUT2D eigenvalue weighted by Crippen LogP contribution is 2.41. The summed E-state index contributed by atoms with van der Waals surface area (Å²) in [4.78, 5) is 48.9. The lowest BCUT2D eigenvalue weighted by atomic mass is 9.81. The molecule has 0 unspecified atom stereocenters. The molecule has 0 aromatic heterocycles. The van der Waals surface area contributed by atoms with Crippen molar-refractivity contribution in [2.75, 3.05) is 0 Å². The fourth-order valence-electron chi connectivity index (χ4n) is 3.42.